The normalized spacial score (nSPS) is 18.7. The van der Waals surface area contributed by atoms with Gasteiger partial charge < -0.3 is 10.2 Å². The van der Waals surface area contributed by atoms with Crippen molar-refractivity contribution in [3.8, 4) is 0 Å². The smallest absolute Gasteiger partial charge is 0.261 e. The summed E-state index contributed by atoms with van der Waals surface area (Å²) >= 11 is 3.42. The highest BCUT2D eigenvalue weighted by atomic mass is 32.1. The van der Waals surface area contributed by atoms with Crippen molar-refractivity contribution in [3.63, 3.8) is 0 Å². The maximum absolute atomic E-state index is 12.5. The molecule has 5 heteroatoms. The van der Waals surface area contributed by atoms with E-state index in [1.165, 1.54) is 21.7 Å². The summed E-state index contributed by atoms with van der Waals surface area (Å²) in [6.07, 6.45) is 3.49. The molecule has 2 heterocycles. The van der Waals surface area contributed by atoms with Crippen molar-refractivity contribution < 1.29 is 4.79 Å². The molecule has 1 aliphatic carbocycles. The molecule has 0 saturated heterocycles. The number of carbonyl (C=O) groups excluding carboxylic acids is 1. The maximum Gasteiger partial charge on any atom is 0.261 e. The molecule has 3 nitrogen and oxygen atoms in total. The molecule has 0 aromatic carbocycles. The first-order chi connectivity index (χ1) is 11.0. The summed E-state index contributed by atoms with van der Waals surface area (Å²) in [5.74, 6) is 0.811. The van der Waals surface area contributed by atoms with E-state index >= 15 is 0 Å². The van der Waals surface area contributed by atoms with Crippen LogP contribution in [-0.4, -0.2) is 31.4 Å². The molecule has 3 rings (SSSR count). The van der Waals surface area contributed by atoms with E-state index in [2.05, 4.69) is 54.8 Å². The quantitative estimate of drug-likeness (QED) is 0.887. The third-order valence-electron chi connectivity index (χ3n) is 4.50. The predicted octanol–water partition coefficient (Wildman–Crippen LogP) is 3.97. The number of rotatable bonds is 5. The number of thiophene rings is 2. The Morgan fingerprint density at radius 2 is 2.30 bits per heavy atom. The molecular formula is C18H24N2OS2. The molecule has 0 spiro atoms. The largest absolute Gasteiger partial charge is 0.349 e. The Morgan fingerprint density at radius 3 is 3.00 bits per heavy atom. The zero-order valence-electron chi connectivity index (χ0n) is 14.0. The minimum absolute atomic E-state index is 0.0699. The molecule has 2 aromatic heterocycles. The number of fused-ring (bicyclic) bond motifs is 1. The topological polar surface area (TPSA) is 32.3 Å². The minimum atomic E-state index is 0.0699. The van der Waals surface area contributed by atoms with Gasteiger partial charge in [0.25, 0.3) is 5.91 Å². The molecule has 1 amide bonds. The molecule has 2 unspecified atom stereocenters. The molecule has 2 aromatic rings. The van der Waals surface area contributed by atoms with Crippen molar-refractivity contribution in [1.82, 2.24) is 10.2 Å². The van der Waals surface area contributed by atoms with Gasteiger partial charge in [0, 0.05) is 16.3 Å². The van der Waals surface area contributed by atoms with Gasteiger partial charge in [0.05, 0.1) is 10.9 Å². The van der Waals surface area contributed by atoms with Crippen LogP contribution in [0.2, 0.25) is 0 Å². The second-order valence-electron chi connectivity index (χ2n) is 6.61. The lowest BCUT2D eigenvalue weighted by molar-refractivity contribution is 0.0946. The second kappa shape index (κ2) is 7.16. The number of nitrogens with one attached hydrogen (secondary N) is 1. The zero-order chi connectivity index (χ0) is 16.4. The summed E-state index contributed by atoms with van der Waals surface area (Å²) in [7, 11) is 4.11. The molecule has 2 atom stereocenters. The van der Waals surface area contributed by atoms with E-state index in [0.717, 1.165) is 23.6 Å². The summed E-state index contributed by atoms with van der Waals surface area (Å²) in [5.41, 5.74) is 1.39. The second-order valence-corrected chi connectivity index (χ2v) is 8.73. The third-order valence-corrected chi connectivity index (χ3v) is 6.71. The van der Waals surface area contributed by atoms with Crippen LogP contribution in [-0.2, 0) is 12.8 Å². The van der Waals surface area contributed by atoms with Gasteiger partial charge in [0.2, 0.25) is 0 Å². The van der Waals surface area contributed by atoms with Gasteiger partial charge in [-0.15, -0.1) is 22.7 Å². The van der Waals surface area contributed by atoms with Gasteiger partial charge in [-0.2, -0.15) is 0 Å². The number of hydrogen-bond donors (Lipinski definition) is 1. The average Bonchev–Trinajstić information content (AvgIpc) is 3.15. The van der Waals surface area contributed by atoms with E-state index in [1.54, 1.807) is 22.7 Å². The van der Waals surface area contributed by atoms with E-state index in [1.807, 2.05) is 0 Å². The standard InChI is InChI=1S/C18H24N2OS2/c1-12-6-7-15-13(9-12)10-17(23-15)18(21)19-11-14(20(2)3)16-5-4-8-22-16/h4-5,8,10,12,14H,6-7,9,11H2,1-3H3,(H,19,21). The number of likely N-dealkylation sites (N-methyl/N-ethyl adjacent to an activating group) is 1. The van der Waals surface area contributed by atoms with Crippen molar-refractivity contribution in [2.45, 2.75) is 32.2 Å². The Kier molecular flexibility index (Phi) is 5.19. The number of aryl methyl sites for hydroxylation is 1. The average molecular weight is 349 g/mol. The van der Waals surface area contributed by atoms with Crippen LogP contribution in [0.3, 0.4) is 0 Å². The van der Waals surface area contributed by atoms with Crippen molar-refractivity contribution in [1.29, 1.82) is 0 Å². The number of nitrogens with zero attached hydrogens (tertiary/aromatic N) is 1. The number of amides is 1. The first-order valence-electron chi connectivity index (χ1n) is 8.14. The molecule has 124 valence electrons. The van der Waals surface area contributed by atoms with Gasteiger partial charge in [0.1, 0.15) is 0 Å². The number of hydrogen-bond acceptors (Lipinski definition) is 4. The first kappa shape index (κ1) is 16.7. The summed E-state index contributed by atoms with van der Waals surface area (Å²) in [6, 6.07) is 6.54. The first-order valence-corrected chi connectivity index (χ1v) is 9.84. The maximum atomic E-state index is 12.5. The Labute approximate surface area is 146 Å². The fourth-order valence-electron chi connectivity index (χ4n) is 3.11. The van der Waals surface area contributed by atoms with Gasteiger partial charge in [-0.3, -0.25) is 4.79 Å². The lowest BCUT2D eigenvalue weighted by Gasteiger charge is -2.23. The van der Waals surface area contributed by atoms with E-state index < -0.39 is 0 Å². The monoisotopic (exact) mass is 348 g/mol. The van der Waals surface area contributed by atoms with Gasteiger partial charge in [0.15, 0.2) is 0 Å². The summed E-state index contributed by atoms with van der Waals surface area (Å²) in [6.45, 7) is 2.94. The van der Waals surface area contributed by atoms with Crippen molar-refractivity contribution in [3.05, 3.63) is 43.8 Å². The molecule has 0 fully saturated rings. The van der Waals surface area contributed by atoms with Gasteiger partial charge >= 0.3 is 0 Å². The molecule has 0 aliphatic heterocycles. The minimum Gasteiger partial charge on any atom is -0.349 e. The van der Waals surface area contributed by atoms with Crippen LogP contribution < -0.4 is 5.32 Å². The Morgan fingerprint density at radius 1 is 1.48 bits per heavy atom. The van der Waals surface area contributed by atoms with E-state index in [0.29, 0.717) is 6.54 Å². The summed E-state index contributed by atoms with van der Waals surface area (Å²) in [4.78, 5) is 18.3. The van der Waals surface area contributed by atoms with Crippen LogP contribution in [0.5, 0.6) is 0 Å². The van der Waals surface area contributed by atoms with Gasteiger partial charge in [-0.1, -0.05) is 13.0 Å². The van der Waals surface area contributed by atoms with E-state index in [9.17, 15) is 4.79 Å². The van der Waals surface area contributed by atoms with E-state index in [4.69, 9.17) is 0 Å². The lowest BCUT2D eigenvalue weighted by Crippen LogP contribution is -2.33. The Hall–Kier alpha value is -1.17. The predicted molar refractivity (Wildman–Crippen MR) is 98.6 cm³/mol. The molecular weight excluding hydrogens is 324 g/mol. The molecule has 23 heavy (non-hydrogen) atoms. The van der Waals surface area contributed by atoms with Crippen LogP contribution in [0.4, 0.5) is 0 Å². The third kappa shape index (κ3) is 3.84. The molecule has 0 bridgehead atoms. The summed E-state index contributed by atoms with van der Waals surface area (Å²) in [5, 5.41) is 5.21. The van der Waals surface area contributed by atoms with E-state index in [-0.39, 0.29) is 11.9 Å². The fraction of sp³-hybridized carbons (Fsp3) is 0.500. The lowest BCUT2D eigenvalue weighted by atomic mass is 9.90. The molecule has 1 aliphatic rings. The Bertz CT molecular complexity index is 661. The van der Waals surface area contributed by atoms with Crippen molar-refractivity contribution in [2.75, 3.05) is 20.6 Å². The van der Waals surface area contributed by atoms with Crippen molar-refractivity contribution in [2.24, 2.45) is 5.92 Å². The van der Waals surface area contributed by atoms with Crippen LogP contribution in [0, 0.1) is 5.92 Å². The van der Waals surface area contributed by atoms with Crippen LogP contribution in [0.15, 0.2) is 23.6 Å². The highest BCUT2D eigenvalue weighted by Gasteiger charge is 2.22. The highest BCUT2D eigenvalue weighted by Crippen LogP contribution is 2.32. The van der Waals surface area contributed by atoms with Crippen LogP contribution >= 0.6 is 22.7 Å². The Balaban J connectivity index is 1.65. The summed E-state index contributed by atoms with van der Waals surface area (Å²) < 4.78 is 0. The number of carbonyl (C=O) groups is 1. The zero-order valence-corrected chi connectivity index (χ0v) is 15.6. The SMILES string of the molecule is CC1CCc2sc(C(=O)NCC(c3cccs3)N(C)C)cc2C1. The molecule has 0 saturated carbocycles. The van der Waals surface area contributed by atoms with Gasteiger partial charge in [-0.25, -0.2) is 0 Å². The highest BCUT2D eigenvalue weighted by molar-refractivity contribution is 7.14. The fourth-order valence-corrected chi connectivity index (χ4v) is 5.16. The van der Waals surface area contributed by atoms with Gasteiger partial charge in [-0.05, 0) is 62.4 Å². The van der Waals surface area contributed by atoms with Crippen molar-refractivity contribution >= 4 is 28.6 Å². The molecule has 0 radical (unpaired) electrons. The van der Waals surface area contributed by atoms with Crippen LogP contribution in [0.25, 0.3) is 0 Å². The van der Waals surface area contributed by atoms with Crippen LogP contribution in [0.1, 0.15) is 44.4 Å². The molecule has 1 N–H and O–H groups in total.